The molecule has 4 heteroatoms. The smallest absolute Gasteiger partial charge is 0.131 e. The number of ether oxygens (including phenoxy) is 1. The van der Waals surface area contributed by atoms with E-state index in [0.29, 0.717) is 5.56 Å². The summed E-state index contributed by atoms with van der Waals surface area (Å²) >= 11 is 0. The van der Waals surface area contributed by atoms with Gasteiger partial charge in [-0.05, 0) is 38.6 Å². The Morgan fingerprint density at radius 2 is 2.22 bits per heavy atom. The van der Waals surface area contributed by atoms with Crippen molar-refractivity contribution >= 4 is 0 Å². The van der Waals surface area contributed by atoms with Crippen LogP contribution in [-0.4, -0.2) is 23.4 Å². The third kappa shape index (κ3) is 2.07. The monoisotopic (exact) mass is 246 g/mol. The fourth-order valence-electron chi connectivity index (χ4n) is 2.31. The molecule has 1 heterocycles. The highest BCUT2D eigenvalue weighted by Gasteiger charge is 2.42. The van der Waals surface area contributed by atoms with Crippen molar-refractivity contribution in [3.8, 4) is 11.8 Å². The van der Waals surface area contributed by atoms with Gasteiger partial charge >= 0.3 is 0 Å². The van der Waals surface area contributed by atoms with Gasteiger partial charge in [-0.1, -0.05) is 6.92 Å². The van der Waals surface area contributed by atoms with Gasteiger partial charge in [0.15, 0.2) is 0 Å². The van der Waals surface area contributed by atoms with E-state index >= 15 is 0 Å². The minimum absolute atomic E-state index is 0.206. The van der Waals surface area contributed by atoms with E-state index < -0.39 is 11.7 Å². The summed E-state index contributed by atoms with van der Waals surface area (Å²) in [4.78, 5) is 0. The number of aliphatic hydroxyl groups is 1. The molecule has 2 unspecified atom stereocenters. The van der Waals surface area contributed by atoms with Crippen molar-refractivity contribution in [1.82, 2.24) is 5.32 Å². The second-order valence-electron chi connectivity index (χ2n) is 5.05. The Balaban J connectivity index is 2.50. The molecule has 2 N–H and O–H groups in total. The third-order valence-electron chi connectivity index (χ3n) is 3.30. The lowest BCUT2D eigenvalue weighted by Gasteiger charge is -2.42. The van der Waals surface area contributed by atoms with Crippen molar-refractivity contribution in [3.63, 3.8) is 0 Å². The van der Waals surface area contributed by atoms with Gasteiger partial charge in [0.2, 0.25) is 0 Å². The molecule has 1 aliphatic rings. The fourth-order valence-corrected chi connectivity index (χ4v) is 2.31. The topological polar surface area (TPSA) is 65.3 Å². The van der Waals surface area contributed by atoms with E-state index in [-0.39, 0.29) is 6.04 Å². The number of fused-ring (bicyclic) bond motifs is 1. The number of nitriles is 1. The number of nitrogens with one attached hydrogen (secondary N) is 1. The first-order valence-corrected chi connectivity index (χ1v) is 6.14. The maximum atomic E-state index is 10.4. The average Bonchev–Trinajstić information content (AvgIpc) is 2.34. The molecule has 0 bridgehead atoms. The van der Waals surface area contributed by atoms with E-state index in [1.54, 1.807) is 18.2 Å². The summed E-state index contributed by atoms with van der Waals surface area (Å²) < 4.78 is 5.81. The molecule has 96 valence electrons. The van der Waals surface area contributed by atoms with Crippen LogP contribution in [0.1, 0.15) is 37.9 Å². The molecule has 0 aliphatic carbocycles. The molecule has 0 radical (unpaired) electrons. The summed E-state index contributed by atoms with van der Waals surface area (Å²) in [5.74, 6) is 0.732. The van der Waals surface area contributed by atoms with E-state index in [1.807, 2.05) is 20.8 Å². The Morgan fingerprint density at radius 3 is 2.83 bits per heavy atom. The van der Waals surface area contributed by atoms with Gasteiger partial charge in [0.1, 0.15) is 17.5 Å². The highest BCUT2D eigenvalue weighted by Crippen LogP contribution is 2.40. The molecule has 0 saturated carbocycles. The molecule has 1 aromatic rings. The highest BCUT2D eigenvalue weighted by molar-refractivity contribution is 5.46. The summed E-state index contributed by atoms with van der Waals surface area (Å²) in [5.41, 5.74) is 0.781. The number of rotatable bonds is 2. The van der Waals surface area contributed by atoms with Crippen LogP contribution in [0, 0.1) is 11.3 Å². The molecule has 0 fully saturated rings. The summed E-state index contributed by atoms with van der Waals surface area (Å²) in [6.07, 6.45) is -0.654. The van der Waals surface area contributed by atoms with Gasteiger partial charge in [0, 0.05) is 5.56 Å². The van der Waals surface area contributed by atoms with E-state index in [4.69, 9.17) is 10.00 Å². The fraction of sp³-hybridized carbons (Fsp3) is 0.500. The molecule has 0 saturated heterocycles. The van der Waals surface area contributed by atoms with Gasteiger partial charge in [0.25, 0.3) is 0 Å². The zero-order valence-electron chi connectivity index (χ0n) is 10.9. The van der Waals surface area contributed by atoms with Crippen molar-refractivity contribution in [1.29, 1.82) is 5.26 Å². The van der Waals surface area contributed by atoms with Crippen LogP contribution in [0.5, 0.6) is 5.75 Å². The molecule has 0 amide bonds. The van der Waals surface area contributed by atoms with Gasteiger partial charge in [-0.2, -0.15) is 5.26 Å². The molecule has 1 aliphatic heterocycles. The predicted molar refractivity (Wildman–Crippen MR) is 68.3 cm³/mol. The van der Waals surface area contributed by atoms with Crippen molar-refractivity contribution in [2.45, 2.75) is 38.5 Å². The molecule has 0 aromatic heterocycles. The number of likely N-dealkylation sites (N-methyl/N-ethyl adjacent to an activating group) is 1. The lowest BCUT2D eigenvalue weighted by Crippen LogP contribution is -2.52. The van der Waals surface area contributed by atoms with E-state index in [2.05, 4.69) is 11.4 Å². The lowest BCUT2D eigenvalue weighted by atomic mass is 9.86. The standard InChI is InChI=1S/C14H18N2O2/c1-4-16-12-10-7-9(8-15)5-6-11(10)18-14(2,3)13(12)17/h5-7,12-13,16-17H,4H2,1-3H3. The first-order valence-electron chi connectivity index (χ1n) is 6.14. The van der Waals surface area contributed by atoms with E-state index in [9.17, 15) is 5.11 Å². The lowest BCUT2D eigenvalue weighted by molar-refractivity contribution is -0.0642. The zero-order chi connectivity index (χ0) is 13.3. The quantitative estimate of drug-likeness (QED) is 0.834. The molecular formula is C14H18N2O2. The van der Waals surface area contributed by atoms with Crippen molar-refractivity contribution in [2.24, 2.45) is 0 Å². The Bertz CT molecular complexity index is 491. The van der Waals surface area contributed by atoms with Gasteiger partial charge < -0.3 is 15.2 Å². The number of hydrogen-bond donors (Lipinski definition) is 2. The summed E-state index contributed by atoms with van der Waals surface area (Å²) in [5, 5.41) is 22.6. The van der Waals surface area contributed by atoms with Crippen LogP contribution < -0.4 is 10.1 Å². The summed E-state index contributed by atoms with van der Waals surface area (Å²) in [6.45, 7) is 6.46. The normalized spacial score (nSPS) is 24.8. The first-order chi connectivity index (χ1) is 8.49. The number of benzene rings is 1. The van der Waals surface area contributed by atoms with Crippen LogP contribution in [0.4, 0.5) is 0 Å². The molecular weight excluding hydrogens is 228 g/mol. The minimum Gasteiger partial charge on any atom is -0.485 e. The van der Waals surface area contributed by atoms with Gasteiger partial charge in [-0.3, -0.25) is 0 Å². The van der Waals surface area contributed by atoms with Gasteiger partial charge in [-0.15, -0.1) is 0 Å². The van der Waals surface area contributed by atoms with Crippen LogP contribution in [-0.2, 0) is 0 Å². The summed E-state index contributed by atoms with van der Waals surface area (Å²) in [6, 6.07) is 7.21. The molecule has 1 aromatic carbocycles. The Hall–Kier alpha value is -1.57. The Labute approximate surface area is 107 Å². The van der Waals surface area contributed by atoms with Crippen molar-refractivity contribution in [3.05, 3.63) is 29.3 Å². The second-order valence-corrected chi connectivity index (χ2v) is 5.05. The summed E-state index contributed by atoms with van der Waals surface area (Å²) in [7, 11) is 0. The van der Waals surface area contributed by atoms with Crippen LogP contribution in [0.3, 0.4) is 0 Å². The zero-order valence-corrected chi connectivity index (χ0v) is 10.9. The van der Waals surface area contributed by atoms with Crippen LogP contribution in [0.25, 0.3) is 0 Å². The molecule has 0 spiro atoms. The van der Waals surface area contributed by atoms with Crippen LogP contribution >= 0.6 is 0 Å². The van der Waals surface area contributed by atoms with Crippen LogP contribution in [0.15, 0.2) is 18.2 Å². The predicted octanol–water partition coefficient (Wildman–Crippen LogP) is 1.74. The van der Waals surface area contributed by atoms with Crippen molar-refractivity contribution < 1.29 is 9.84 Å². The molecule has 2 rings (SSSR count). The van der Waals surface area contributed by atoms with Crippen LogP contribution in [0.2, 0.25) is 0 Å². The third-order valence-corrected chi connectivity index (χ3v) is 3.30. The Morgan fingerprint density at radius 1 is 1.50 bits per heavy atom. The SMILES string of the molecule is CCNC1c2cc(C#N)ccc2OC(C)(C)C1O. The first kappa shape index (κ1) is 12.9. The average molecular weight is 246 g/mol. The minimum atomic E-state index is -0.654. The van der Waals surface area contributed by atoms with Gasteiger partial charge in [-0.25, -0.2) is 0 Å². The second kappa shape index (κ2) is 4.60. The van der Waals surface area contributed by atoms with Crippen molar-refractivity contribution in [2.75, 3.05) is 6.54 Å². The maximum absolute atomic E-state index is 10.4. The molecule has 18 heavy (non-hydrogen) atoms. The largest absolute Gasteiger partial charge is 0.485 e. The molecule has 4 nitrogen and oxygen atoms in total. The highest BCUT2D eigenvalue weighted by atomic mass is 16.5. The maximum Gasteiger partial charge on any atom is 0.131 e. The van der Waals surface area contributed by atoms with E-state index in [0.717, 1.165) is 17.9 Å². The number of nitrogens with zero attached hydrogens (tertiary/aromatic N) is 1. The Kier molecular flexibility index (Phi) is 3.29. The van der Waals surface area contributed by atoms with Gasteiger partial charge in [0.05, 0.1) is 17.7 Å². The van der Waals surface area contributed by atoms with E-state index in [1.165, 1.54) is 0 Å². The number of hydrogen-bond acceptors (Lipinski definition) is 4. The number of aliphatic hydroxyl groups excluding tert-OH is 1. The molecule has 2 atom stereocenters.